The third kappa shape index (κ3) is 6.07. The minimum Gasteiger partial charge on any atom is -0.489 e. The first-order chi connectivity index (χ1) is 20.5. The molecule has 0 atom stereocenters. The van der Waals surface area contributed by atoms with E-state index < -0.39 is 5.82 Å². The Kier molecular flexibility index (Phi) is 8.57. The first-order valence-electron chi connectivity index (χ1n) is 14.9. The molecule has 1 heterocycles. The van der Waals surface area contributed by atoms with Crippen LogP contribution in [0.1, 0.15) is 72.3 Å². The van der Waals surface area contributed by atoms with E-state index in [4.69, 9.17) is 16.3 Å². The number of halogens is 3. The molecule has 1 aliphatic heterocycles. The van der Waals surface area contributed by atoms with Gasteiger partial charge in [-0.05, 0) is 96.3 Å². The molecule has 0 N–H and O–H groups in total. The molecule has 6 heteroatoms. The number of carbonyl (C=O) groups excluding carboxylic acids is 1. The van der Waals surface area contributed by atoms with E-state index in [1.807, 2.05) is 23.1 Å². The van der Waals surface area contributed by atoms with Gasteiger partial charge in [-0.1, -0.05) is 61.2 Å². The molecule has 6 rings (SSSR count). The minimum atomic E-state index is -0.464. The van der Waals surface area contributed by atoms with E-state index in [2.05, 4.69) is 6.07 Å². The smallest absolute Gasteiger partial charge is 0.253 e. The van der Waals surface area contributed by atoms with Gasteiger partial charge in [-0.3, -0.25) is 4.79 Å². The predicted octanol–water partition coefficient (Wildman–Crippen LogP) is 9.81. The van der Waals surface area contributed by atoms with Gasteiger partial charge in [0.2, 0.25) is 0 Å². The average Bonchev–Trinajstić information content (AvgIpc) is 3.56. The van der Waals surface area contributed by atoms with Crippen molar-refractivity contribution in [1.82, 2.24) is 4.90 Å². The summed E-state index contributed by atoms with van der Waals surface area (Å²) in [5.41, 5.74) is 4.81. The molecule has 0 radical (unpaired) electrons. The summed E-state index contributed by atoms with van der Waals surface area (Å²) in [6, 6.07) is 22.8. The van der Waals surface area contributed by atoms with Gasteiger partial charge in [0.1, 0.15) is 24.0 Å². The predicted molar refractivity (Wildman–Crippen MR) is 164 cm³/mol. The van der Waals surface area contributed by atoms with Crippen LogP contribution >= 0.6 is 11.6 Å². The maximum absolute atomic E-state index is 15.6. The van der Waals surface area contributed by atoms with E-state index in [1.165, 1.54) is 37.0 Å². The van der Waals surface area contributed by atoms with Gasteiger partial charge in [-0.25, -0.2) is 8.78 Å². The van der Waals surface area contributed by atoms with E-state index in [1.54, 1.807) is 42.5 Å². The molecule has 1 amide bonds. The van der Waals surface area contributed by atoms with Crippen LogP contribution in [0.5, 0.6) is 5.75 Å². The Balaban J connectivity index is 1.28. The highest BCUT2D eigenvalue weighted by molar-refractivity contribution is 6.30. The lowest BCUT2D eigenvalue weighted by atomic mass is 9.81. The molecule has 42 heavy (non-hydrogen) atoms. The summed E-state index contributed by atoms with van der Waals surface area (Å²) in [6.07, 6.45) is 7.93. The summed E-state index contributed by atoms with van der Waals surface area (Å²) < 4.78 is 36.6. The van der Waals surface area contributed by atoms with Crippen molar-refractivity contribution in [1.29, 1.82) is 0 Å². The van der Waals surface area contributed by atoms with Crippen LogP contribution < -0.4 is 4.74 Å². The topological polar surface area (TPSA) is 29.5 Å². The number of nitrogens with zero attached hydrogens (tertiary/aromatic N) is 1. The van der Waals surface area contributed by atoms with Crippen molar-refractivity contribution in [3.8, 4) is 28.0 Å². The Morgan fingerprint density at radius 3 is 2.21 bits per heavy atom. The van der Waals surface area contributed by atoms with E-state index in [0.717, 1.165) is 44.3 Å². The summed E-state index contributed by atoms with van der Waals surface area (Å²) >= 11 is 6.00. The SMILES string of the molecule is O=C(c1ccc(-c2ccc(Cl)cc2F)c(COc2ccc(-c3ccccc3C3CCCCC3)c(F)c2)c1)N1CCCC1. The van der Waals surface area contributed by atoms with Crippen LogP contribution in [0.2, 0.25) is 5.02 Å². The highest BCUT2D eigenvalue weighted by atomic mass is 35.5. The highest BCUT2D eigenvalue weighted by Gasteiger charge is 2.23. The maximum Gasteiger partial charge on any atom is 0.253 e. The second kappa shape index (κ2) is 12.7. The van der Waals surface area contributed by atoms with Crippen LogP contribution in [0, 0.1) is 11.6 Å². The van der Waals surface area contributed by atoms with Crippen molar-refractivity contribution in [2.75, 3.05) is 13.1 Å². The van der Waals surface area contributed by atoms with Gasteiger partial charge in [0, 0.05) is 40.9 Å². The quantitative estimate of drug-likeness (QED) is 0.216. The zero-order chi connectivity index (χ0) is 29.1. The van der Waals surface area contributed by atoms with Crippen molar-refractivity contribution in [2.24, 2.45) is 0 Å². The van der Waals surface area contributed by atoms with Crippen LogP contribution in [-0.2, 0) is 6.61 Å². The monoisotopic (exact) mass is 585 g/mol. The zero-order valence-corrected chi connectivity index (χ0v) is 24.3. The van der Waals surface area contributed by atoms with Crippen molar-refractivity contribution >= 4 is 17.5 Å². The van der Waals surface area contributed by atoms with Crippen LogP contribution in [0.4, 0.5) is 8.78 Å². The molecule has 216 valence electrons. The third-order valence-corrected chi connectivity index (χ3v) is 8.83. The zero-order valence-electron chi connectivity index (χ0n) is 23.6. The summed E-state index contributed by atoms with van der Waals surface area (Å²) in [5.74, 6) is -0.0475. The normalized spacial score (nSPS) is 15.6. The molecule has 0 aromatic heterocycles. The number of amides is 1. The van der Waals surface area contributed by atoms with Crippen molar-refractivity contribution < 1.29 is 18.3 Å². The Morgan fingerprint density at radius 1 is 0.762 bits per heavy atom. The number of hydrogen-bond donors (Lipinski definition) is 0. The Morgan fingerprint density at radius 2 is 1.45 bits per heavy atom. The summed E-state index contributed by atoms with van der Waals surface area (Å²) in [4.78, 5) is 15.0. The van der Waals surface area contributed by atoms with Gasteiger partial charge >= 0.3 is 0 Å². The van der Waals surface area contributed by atoms with E-state index in [0.29, 0.717) is 44.5 Å². The second-order valence-electron chi connectivity index (χ2n) is 11.3. The molecule has 0 spiro atoms. The first kappa shape index (κ1) is 28.4. The fourth-order valence-corrected chi connectivity index (χ4v) is 6.56. The summed E-state index contributed by atoms with van der Waals surface area (Å²) in [6.45, 7) is 1.50. The maximum atomic E-state index is 15.6. The van der Waals surface area contributed by atoms with E-state index >= 15 is 4.39 Å². The fraction of sp³-hybridized carbons (Fsp3) is 0.306. The van der Waals surface area contributed by atoms with Gasteiger partial charge in [-0.2, -0.15) is 0 Å². The van der Waals surface area contributed by atoms with Crippen molar-refractivity contribution in [3.63, 3.8) is 0 Å². The molecule has 1 saturated carbocycles. The van der Waals surface area contributed by atoms with Crippen LogP contribution in [0.25, 0.3) is 22.3 Å². The molecule has 2 aliphatic rings. The van der Waals surface area contributed by atoms with Gasteiger partial charge in [0.25, 0.3) is 5.91 Å². The molecular weight excluding hydrogens is 552 g/mol. The number of carbonyl (C=O) groups is 1. The Hall–Kier alpha value is -3.70. The third-order valence-electron chi connectivity index (χ3n) is 8.60. The van der Waals surface area contributed by atoms with E-state index in [9.17, 15) is 9.18 Å². The van der Waals surface area contributed by atoms with Gasteiger partial charge in [0.15, 0.2) is 0 Å². The van der Waals surface area contributed by atoms with Gasteiger partial charge < -0.3 is 9.64 Å². The number of benzene rings is 4. The van der Waals surface area contributed by atoms with Crippen LogP contribution in [0.15, 0.2) is 78.9 Å². The molecule has 1 aliphatic carbocycles. The lowest BCUT2D eigenvalue weighted by Crippen LogP contribution is -2.27. The van der Waals surface area contributed by atoms with Crippen molar-refractivity contribution in [3.05, 3.63) is 112 Å². The van der Waals surface area contributed by atoms with Crippen LogP contribution in [-0.4, -0.2) is 23.9 Å². The van der Waals surface area contributed by atoms with Gasteiger partial charge in [0.05, 0.1) is 0 Å². The second-order valence-corrected chi connectivity index (χ2v) is 11.8. The Bertz CT molecular complexity index is 1590. The lowest BCUT2D eigenvalue weighted by Gasteiger charge is -2.24. The highest BCUT2D eigenvalue weighted by Crippen LogP contribution is 2.39. The summed E-state index contributed by atoms with van der Waals surface area (Å²) in [7, 11) is 0. The molecule has 1 saturated heterocycles. The van der Waals surface area contributed by atoms with Gasteiger partial charge in [-0.15, -0.1) is 0 Å². The largest absolute Gasteiger partial charge is 0.489 e. The molecule has 0 bridgehead atoms. The van der Waals surface area contributed by atoms with E-state index in [-0.39, 0.29) is 18.3 Å². The molecular formula is C36H34ClF2NO2. The minimum absolute atomic E-state index is 0.0377. The molecule has 4 aromatic rings. The number of rotatable bonds is 7. The molecule has 2 fully saturated rings. The number of likely N-dealkylation sites (tertiary alicyclic amines) is 1. The van der Waals surface area contributed by atoms with Crippen molar-refractivity contribution in [2.45, 2.75) is 57.5 Å². The fourth-order valence-electron chi connectivity index (χ4n) is 6.40. The number of ether oxygens (including phenoxy) is 1. The van der Waals surface area contributed by atoms with Crippen LogP contribution in [0.3, 0.4) is 0 Å². The molecule has 4 aromatic carbocycles. The Labute approximate surface area is 251 Å². The summed E-state index contributed by atoms with van der Waals surface area (Å²) in [5, 5.41) is 0.301. The number of hydrogen-bond acceptors (Lipinski definition) is 2. The lowest BCUT2D eigenvalue weighted by molar-refractivity contribution is 0.0792. The molecule has 3 nitrogen and oxygen atoms in total. The standard InChI is InChI=1S/C36H34ClF2NO2/c37-27-13-16-32(34(38)21-27)30-15-12-25(36(41)40-18-6-7-19-40)20-26(30)23-42-28-14-17-33(35(39)22-28)31-11-5-4-10-29(31)24-8-2-1-3-9-24/h4-5,10-17,20-22,24H,1-3,6-9,18-19,23H2. The average molecular weight is 586 g/mol. The molecule has 0 unspecified atom stereocenters. The first-order valence-corrected chi connectivity index (χ1v) is 15.2.